The average molecular weight is 212 g/mol. The molecule has 1 aliphatic rings. The largest absolute Gasteiger partial charge is 0.368 e. The van der Waals surface area contributed by atoms with Crippen molar-refractivity contribution in [3.05, 3.63) is 34.9 Å². The highest BCUT2D eigenvalue weighted by atomic mass is 35.5. The Bertz CT molecular complexity index is 299. The van der Waals surface area contributed by atoms with Gasteiger partial charge in [-0.05, 0) is 24.6 Å². The summed E-state index contributed by atoms with van der Waals surface area (Å²) in [6.45, 7) is 3.89. The Morgan fingerprint density at radius 3 is 2.64 bits per heavy atom. The lowest BCUT2D eigenvalue weighted by molar-refractivity contribution is -0.0287. The lowest BCUT2D eigenvalue weighted by Crippen LogP contribution is -2.38. The lowest BCUT2D eigenvalue weighted by Gasteiger charge is -2.29. The highest BCUT2D eigenvalue weighted by molar-refractivity contribution is 6.30. The van der Waals surface area contributed by atoms with Crippen LogP contribution >= 0.6 is 11.6 Å². The molecule has 2 unspecified atom stereocenters. The molecule has 0 aliphatic carbocycles. The van der Waals surface area contributed by atoms with Crippen LogP contribution in [0.25, 0.3) is 0 Å². The summed E-state index contributed by atoms with van der Waals surface area (Å²) in [4.78, 5) is 0. The molecule has 1 heterocycles. The molecule has 1 fully saturated rings. The molecule has 0 spiro atoms. The first-order valence-corrected chi connectivity index (χ1v) is 5.25. The second kappa shape index (κ2) is 4.30. The number of halogens is 1. The molecule has 1 aromatic carbocycles. The molecule has 3 heteroatoms. The number of morpholine rings is 1. The highest BCUT2D eigenvalue weighted by Gasteiger charge is 2.19. The normalized spacial score (nSPS) is 27.6. The molecule has 1 aromatic rings. The summed E-state index contributed by atoms with van der Waals surface area (Å²) in [5, 5.41) is 4.11. The molecule has 0 bridgehead atoms. The minimum atomic E-state index is 0.163. The Morgan fingerprint density at radius 1 is 1.29 bits per heavy atom. The summed E-state index contributed by atoms with van der Waals surface area (Å²) in [5.74, 6) is 0. The highest BCUT2D eigenvalue weighted by Crippen LogP contribution is 2.22. The van der Waals surface area contributed by atoms with Crippen LogP contribution in [0, 0.1) is 0 Å². The van der Waals surface area contributed by atoms with Gasteiger partial charge in [-0.2, -0.15) is 0 Å². The second-order valence-corrected chi connectivity index (χ2v) is 4.08. The Morgan fingerprint density at radius 2 is 2.00 bits per heavy atom. The third-order valence-corrected chi connectivity index (χ3v) is 2.65. The summed E-state index contributed by atoms with van der Waals surface area (Å²) in [6, 6.07) is 7.85. The predicted octanol–water partition coefficient (Wildman–Crippen LogP) is 2.39. The molecular formula is C11H14ClNO. The Labute approximate surface area is 89.2 Å². The van der Waals surface area contributed by atoms with E-state index in [9.17, 15) is 0 Å². The van der Waals surface area contributed by atoms with Crippen molar-refractivity contribution in [2.45, 2.75) is 19.1 Å². The van der Waals surface area contributed by atoms with Gasteiger partial charge in [-0.3, -0.25) is 0 Å². The summed E-state index contributed by atoms with van der Waals surface area (Å²) < 4.78 is 5.81. The van der Waals surface area contributed by atoms with Crippen molar-refractivity contribution < 1.29 is 4.74 Å². The standard InChI is InChI=1S/C11H14ClNO/c1-8-6-13-7-11(14-8)9-2-4-10(12)5-3-9/h2-5,8,11,13H,6-7H2,1H3. The molecule has 1 saturated heterocycles. The molecule has 0 radical (unpaired) electrons. The maximum atomic E-state index is 5.82. The van der Waals surface area contributed by atoms with E-state index in [4.69, 9.17) is 16.3 Å². The summed E-state index contributed by atoms with van der Waals surface area (Å²) in [6.07, 6.45) is 0.445. The fraction of sp³-hybridized carbons (Fsp3) is 0.455. The minimum absolute atomic E-state index is 0.163. The minimum Gasteiger partial charge on any atom is -0.368 e. The van der Waals surface area contributed by atoms with Gasteiger partial charge < -0.3 is 10.1 Å². The van der Waals surface area contributed by atoms with Gasteiger partial charge in [-0.1, -0.05) is 23.7 Å². The van der Waals surface area contributed by atoms with Crippen LogP contribution in [0.4, 0.5) is 0 Å². The number of ether oxygens (including phenoxy) is 1. The van der Waals surface area contributed by atoms with Crippen LogP contribution in [-0.4, -0.2) is 19.2 Å². The van der Waals surface area contributed by atoms with Crippen LogP contribution < -0.4 is 5.32 Å². The van der Waals surface area contributed by atoms with E-state index < -0.39 is 0 Å². The van der Waals surface area contributed by atoms with Crippen molar-refractivity contribution in [1.82, 2.24) is 5.32 Å². The van der Waals surface area contributed by atoms with Crippen molar-refractivity contribution in [2.75, 3.05) is 13.1 Å². The molecule has 1 N–H and O–H groups in total. The van der Waals surface area contributed by atoms with Crippen molar-refractivity contribution in [3.63, 3.8) is 0 Å². The number of hydrogen-bond acceptors (Lipinski definition) is 2. The lowest BCUT2D eigenvalue weighted by atomic mass is 10.1. The van der Waals surface area contributed by atoms with E-state index in [0.717, 1.165) is 18.1 Å². The van der Waals surface area contributed by atoms with Crippen LogP contribution in [0.5, 0.6) is 0 Å². The van der Waals surface area contributed by atoms with E-state index in [1.165, 1.54) is 5.56 Å². The van der Waals surface area contributed by atoms with Gasteiger partial charge in [-0.25, -0.2) is 0 Å². The Hall–Kier alpha value is -0.570. The van der Waals surface area contributed by atoms with Crippen LogP contribution in [0.1, 0.15) is 18.6 Å². The molecule has 76 valence electrons. The monoisotopic (exact) mass is 211 g/mol. The fourth-order valence-electron chi connectivity index (χ4n) is 1.67. The average Bonchev–Trinajstić information content (AvgIpc) is 2.19. The number of benzene rings is 1. The molecule has 0 amide bonds. The summed E-state index contributed by atoms with van der Waals surface area (Å²) in [5.41, 5.74) is 1.19. The smallest absolute Gasteiger partial charge is 0.0953 e. The van der Waals surface area contributed by atoms with Crippen molar-refractivity contribution >= 4 is 11.6 Å². The first-order chi connectivity index (χ1) is 6.75. The van der Waals surface area contributed by atoms with E-state index in [1.807, 2.05) is 24.3 Å². The maximum absolute atomic E-state index is 5.82. The van der Waals surface area contributed by atoms with Crippen LogP contribution in [0.3, 0.4) is 0 Å². The third kappa shape index (κ3) is 2.27. The molecule has 14 heavy (non-hydrogen) atoms. The van der Waals surface area contributed by atoms with Crippen molar-refractivity contribution in [3.8, 4) is 0 Å². The summed E-state index contributed by atoms with van der Waals surface area (Å²) >= 11 is 5.82. The van der Waals surface area contributed by atoms with E-state index in [0.29, 0.717) is 0 Å². The second-order valence-electron chi connectivity index (χ2n) is 3.65. The molecule has 0 aromatic heterocycles. The molecule has 2 rings (SSSR count). The zero-order valence-corrected chi connectivity index (χ0v) is 8.92. The summed E-state index contributed by atoms with van der Waals surface area (Å²) in [7, 11) is 0. The fourth-order valence-corrected chi connectivity index (χ4v) is 1.79. The van der Waals surface area contributed by atoms with Crippen LogP contribution in [0.2, 0.25) is 5.02 Å². The quantitative estimate of drug-likeness (QED) is 0.770. The van der Waals surface area contributed by atoms with Gasteiger partial charge in [0.1, 0.15) is 0 Å². The van der Waals surface area contributed by atoms with Gasteiger partial charge in [0.15, 0.2) is 0 Å². The molecule has 2 atom stereocenters. The van der Waals surface area contributed by atoms with Crippen LogP contribution in [-0.2, 0) is 4.74 Å². The maximum Gasteiger partial charge on any atom is 0.0953 e. The zero-order valence-electron chi connectivity index (χ0n) is 8.16. The third-order valence-electron chi connectivity index (χ3n) is 2.40. The first-order valence-electron chi connectivity index (χ1n) is 4.87. The molecular weight excluding hydrogens is 198 g/mol. The Balaban J connectivity index is 2.10. The van der Waals surface area contributed by atoms with Crippen molar-refractivity contribution in [2.24, 2.45) is 0 Å². The molecule has 0 saturated carbocycles. The van der Waals surface area contributed by atoms with Gasteiger partial charge >= 0.3 is 0 Å². The van der Waals surface area contributed by atoms with Gasteiger partial charge in [0.05, 0.1) is 12.2 Å². The van der Waals surface area contributed by atoms with Gasteiger partial charge in [-0.15, -0.1) is 0 Å². The predicted molar refractivity (Wildman–Crippen MR) is 57.6 cm³/mol. The number of nitrogens with one attached hydrogen (secondary N) is 1. The first kappa shape index (κ1) is 9.97. The van der Waals surface area contributed by atoms with E-state index in [2.05, 4.69) is 12.2 Å². The van der Waals surface area contributed by atoms with Gasteiger partial charge in [0, 0.05) is 18.1 Å². The van der Waals surface area contributed by atoms with E-state index in [-0.39, 0.29) is 12.2 Å². The van der Waals surface area contributed by atoms with E-state index in [1.54, 1.807) is 0 Å². The topological polar surface area (TPSA) is 21.3 Å². The number of hydrogen-bond donors (Lipinski definition) is 1. The van der Waals surface area contributed by atoms with Gasteiger partial charge in [0.25, 0.3) is 0 Å². The number of rotatable bonds is 1. The Kier molecular flexibility index (Phi) is 3.06. The van der Waals surface area contributed by atoms with Crippen LogP contribution in [0.15, 0.2) is 24.3 Å². The SMILES string of the molecule is CC1CNCC(c2ccc(Cl)cc2)O1. The van der Waals surface area contributed by atoms with Crippen molar-refractivity contribution in [1.29, 1.82) is 0 Å². The molecule has 2 nitrogen and oxygen atoms in total. The molecule has 1 aliphatic heterocycles. The van der Waals surface area contributed by atoms with Gasteiger partial charge in [0.2, 0.25) is 0 Å². The zero-order chi connectivity index (χ0) is 9.97. The van der Waals surface area contributed by atoms with E-state index >= 15 is 0 Å².